The molecule has 0 aliphatic rings. The Labute approximate surface area is 186 Å². The van der Waals surface area contributed by atoms with Gasteiger partial charge in [0.25, 0.3) is 5.91 Å². The van der Waals surface area contributed by atoms with Gasteiger partial charge in [-0.05, 0) is 42.8 Å². The van der Waals surface area contributed by atoms with E-state index in [4.69, 9.17) is 21.1 Å². The van der Waals surface area contributed by atoms with Crippen molar-refractivity contribution in [2.75, 3.05) is 12.4 Å². The van der Waals surface area contributed by atoms with Crippen molar-refractivity contribution in [3.8, 4) is 17.6 Å². The highest BCUT2D eigenvalue weighted by Crippen LogP contribution is 2.28. The van der Waals surface area contributed by atoms with Gasteiger partial charge in [-0.2, -0.15) is 5.26 Å². The van der Waals surface area contributed by atoms with E-state index < -0.39 is 5.91 Å². The van der Waals surface area contributed by atoms with E-state index in [0.717, 1.165) is 11.1 Å². The van der Waals surface area contributed by atoms with Crippen molar-refractivity contribution in [3.63, 3.8) is 0 Å². The molecule has 0 saturated carbocycles. The number of nitrogens with one attached hydrogen (secondary N) is 1. The maximum Gasteiger partial charge on any atom is 0.266 e. The topological polar surface area (TPSA) is 71.3 Å². The van der Waals surface area contributed by atoms with E-state index >= 15 is 0 Å². The van der Waals surface area contributed by atoms with Crippen LogP contribution in [0.3, 0.4) is 0 Å². The zero-order valence-corrected chi connectivity index (χ0v) is 17.9. The summed E-state index contributed by atoms with van der Waals surface area (Å²) in [5, 5.41) is 12.6. The van der Waals surface area contributed by atoms with Crippen molar-refractivity contribution in [2.24, 2.45) is 0 Å². The molecule has 0 saturated heterocycles. The van der Waals surface area contributed by atoms with Crippen LogP contribution >= 0.6 is 11.6 Å². The number of nitriles is 1. The average Bonchev–Trinajstić information content (AvgIpc) is 2.79. The number of carbonyl (C=O) groups excluding carboxylic acids is 1. The highest BCUT2D eigenvalue weighted by Gasteiger charge is 2.13. The third-order valence-corrected chi connectivity index (χ3v) is 4.85. The minimum absolute atomic E-state index is 0.0785. The molecule has 5 nitrogen and oxygen atoms in total. The number of anilines is 1. The second-order valence-electron chi connectivity index (χ2n) is 6.78. The first kappa shape index (κ1) is 21.9. The van der Waals surface area contributed by atoms with Crippen LogP contribution in [0.5, 0.6) is 11.5 Å². The molecule has 0 aromatic heterocycles. The molecule has 0 aliphatic carbocycles. The van der Waals surface area contributed by atoms with Gasteiger partial charge in [0, 0.05) is 11.6 Å². The number of ether oxygens (including phenoxy) is 2. The minimum atomic E-state index is -0.559. The van der Waals surface area contributed by atoms with Crippen LogP contribution in [0.2, 0.25) is 5.02 Å². The molecule has 3 aromatic rings. The Morgan fingerprint density at radius 3 is 2.55 bits per heavy atom. The number of benzene rings is 3. The average molecular weight is 433 g/mol. The van der Waals surface area contributed by atoms with Crippen LogP contribution < -0.4 is 14.8 Å². The van der Waals surface area contributed by atoms with Crippen molar-refractivity contribution < 1.29 is 14.3 Å². The summed E-state index contributed by atoms with van der Waals surface area (Å²) in [6.07, 6.45) is 1.48. The summed E-state index contributed by atoms with van der Waals surface area (Å²) < 4.78 is 11.3. The van der Waals surface area contributed by atoms with Crippen LogP contribution in [0.4, 0.5) is 5.69 Å². The van der Waals surface area contributed by atoms with E-state index in [2.05, 4.69) is 5.32 Å². The number of nitrogens with zero attached hydrogens (tertiary/aromatic N) is 1. The monoisotopic (exact) mass is 432 g/mol. The second-order valence-corrected chi connectivity index (χ2v) is 7.19. The Hall–Kier alpha value is -3.75. The van der Waals surface area contributed by atoms with Crippen LogP contribution in [0.1, 0.15) is 16.7 Å². The SMILES string of the molecule is COc1ccc(/C=C(\C#N)C(=O)Nc2ccccc2Cl)c(OCc2ccc(C)cc2)c1. The molecular formula is C25H21ClN2O3. The third kappa shape index (κ3) is 5.88. The van der Waals surface area contributed by atoms with Crippen molar-refractivity contribution in [1.29, 1.82) is 5.26 Å². The zero-order chi connectivity index (χ0) is 22.2. The van der Waals surface area contributed by atoms with Crippen molar-refractivity contribution in [1.82, 2.24) is 0 Å². The molecular weight excluding hydrogens is 412 g/mol. The Morgan fingerprint density at radius 2 is 1.87 bits per heavy atom. The number of para-hydroxylation sites is 1. The number of methoxy groups -OCH3 is 1. The first-order valence-corrected chi connectivity index (χ1v) is 9.92. The number of halogens is 1. The van der Waals surface area contributed by atoms with Gasteiger partial charge in [-0.1, -0.05) is 53.6 Å². The van der Waals surface area contributed by atoms with Crippen molar-refractivity contribution >= 4 is 29.3 Å². The van der Waals surface area contributed by atoms with Crippen molar-refractivity contribution in [3.05, 3.63) is 94.0 Å². The maximum absolute atomic E-state index is 12.6. The molecule has 0 fully saturated rings. The molecule has 31 heavy (non-hydrogen) atoms. The van der Waals surface area contributed by atoms with Gasteiger partial charge in [-0.3, -0.25) is 4.79 Å². The molecule has 156 valence electrons. The van der Waals surface area contributed by atoms with Gasteiger partial charge < -0.3 is 14.8 Å². The van der Waals surface area contributed by atoms with E-state index in [1.54, 1.807) is 49.6 Å². The predicted octanol–water partition coefficient (Wildman–Crippen LogP) is 5.78. The van der Waals surface area contributed by atoms with Crippen LogP contribution in [-0.4, -0.2) is 13.0 Å². The van der Waals surface area contributed by atoms with E-state index in [1.165, 1.54) is 6.08 Å². The molecule has 0 aliphatic heterocycles. The molecule has 1 amide bonds. The lowest BCUT2D eigenvalue weighted by atomic mass is 10.1. The van der Waals surface area contributed by atoms with Gasteiger partial charge >= 0.3 is 0 Å². The first-order chi connectivity index (χ1) is 15.0. The van der Waals surface area contributed by atoms with Crippen LogP contribution in [0, 0.1) is 18.3 Å². The summed E-state index contributed by atoms with van der Waals surface area (Å²) in [6, 6.07) is 22.0. The second kappa shape index (κ2) is 10.3. The number of aryl methyl sites for hydroxylation is 1. The third-order valence-electron chi connectivity index (χ3n) is 4.52. The molecule has 0 atom stereocenters. The molecule has 0 bridgehead atoms. The molecule has 0 unspecified atom stereocenters. The van der Waals surface area contributed by atoms with Crippen LogP contribution in [-0.2, 0) is 11.4 Å². The summed E-state index contributed by atoms with van der Waals surface area (Å²) in [4.78, 5) is 12.6. The van der Waals surface area contributed by atoms with Gasteiger partial charge in [0.05, 0.1) is 17.8 Å². The highest BCUT2D eigenvalue weighted by molar-refractivity contribution is 6.34. The van der Waals surface area contributed by atoms with Gasteiger partial charge in [0.1, 0.15) is 29.7 Å². The summed E-state index contributed by atoms with van der Waals surface area (Å²) in [5.74, 6) is 0.546. The standard InChI is InChI=1S/C25H21ClN2O3/c1-17-7-9-18(10-8-17)16-31-24-14-21(30-2)12-11-19(24)13-20(15-27)25(29)28-23-6-4-3-5-22(23)26/h3-14H,16H2,1-2H3,(H,28,29)/b20-13+. The lowest BCUT2D eigenvalue weighted by Gasteiger charge is -2.12. The fraction of sp³-hybridized carbons (Fsp3) is 0.120. The van der Waals surface area contributed by atoms with Gasteiger partial charge in [-0.15, -0.1) is 0 Å². The summed E-state index contributed by atoms with van der Waals surface area (Å²) in [7, 11) is 1.56. The number of carbonyl (C=O) groups is 1. The lowest BCUT2D eigenvalue weighted by Crippen LogP contribution is -2.13. The molecule has 0 heterocycles. The van der Waals surface area contributed by atoms with Gasteiger partial charge in [-0.25, -0.2) is 0 Å². The van der Waals surface area contributed by atoms with Crippen LogP contribution in [0.15, 0.2) is 72.3 Å². The quantitative estimate of drug-likeness (QED) is 0.379. The first-order valence-electron chi connectivity index (χ1n) is 9.54. The number of rotatable bonds is 7. The fourth-order valence-electron chi connectivity index (χ4n) is 2.79. The molecule has 3 aromatic carbocycles. The number of amides is 1. The van der Waals surface area contributed by atoms with Gasteiger partial charge in [0.2, 0.25) is 0 Å². The minimum Gasteiger partial charge on any atom is -0.497 e. The van der Waals surface area contributed by atoms with Gasteiger partial charge in [0.15, 0.2) is 0 Å². The molecule has 3 rings (SSSR count). The van der Waals surface area contributed by atoms with E-state index in [0.29, 0.717) is 34.4 Å². The Bertz CT molecular complexity index is 1150. The fourth-order valence-corrected chi connectivity index (χ4v) is 2.97. The Morgan fingerprint density at radius 1 is 1.13 bits per heavy atom. The highest BCUT2D eigenvalue weighted by atomic mass is 35.5. The van der Waals surface area contributed by atoms with E-state index in [1.807, 2.05) is 37.3 Å². The van der Waals surface area contributed by atoms with Crippen LogP contribution in [0.25, 0.3) is 6.08 Å². The summed E-state index contributed by atoms with van der Waals surface area (Å²) in [6.45, 7) is 2.36. The maximum atomic E-state index is 12.6. The molecule has 6 heteroatoms. The zero-order valence-electron chi connectivity index (χ0n) is 17.2. The molecule has 0 radical (unpaired) electrons. The summed E-state index contributed by atoms with van der Waals surface area (Å²) in [5.41, 5.74) is 3.10. The smallest absolute Gasteiger partial charge is 0.266 e. The van der Waals surface area contributed by atoms with Crippen molar-refractivity contribution in [2.45, 2.75) is 13.5 Å². The Kier molecular flexibility index (Phi) is 7.31. The number of hydrogen-bond donors (Lipinski definition) is 1. The predicted molar refractivity (Wildman–Crippen MR) is 122 cm³/mol. The lowest BCUT2D eigenvalue weighted by molar-refractivity contribution is -0.112. The normalized spacial score (nSPS) is 10.8. The Balaban J connectivity index is 1.86. The largest absolute Gasteiger partial charge is 0.497 e. The molecule has 0 spiro atoms. The van der Waals surface area contributed by atoms with E-state index in [-0.39, 0.29) is 5.57 Å². The molecule has 1 N–H and O–H groups in total. The van der Waals surface area contributed by atoms with E-state index in [9.17, 15) is 10.1 Å². The number of hydrogen-bond acceptors (Lipinski definition) is 4. The summed E-state index contributed by atoms with van der Waals surface area (Å²) >= 11 is 6.09.